The van der Waals surface area contributed by atoms with E-state index in [1.54, 1.807) is 29.7 Å². The van der Waals surface area contributed by atoms with Crippen molar-refractivity contribution in [2.24, 2.45) is 0 Å². The Morgan fingerprint density at radius 1 is 1.10 bits per heavy atom. The van der Waals surface area contributed by atoms with Gasteiger partial charge in [0.1, 0.15) is 22.4 Å². The van der Waals surface area contributed by atoms with Crippen LogP contribution in [-0.4, -0.2) is 4.98 Å². The second-order valence-electron chi connectivity index (χ2n) is 6.50. The van der Waals surface area contributed by atoms with Crippen molar-refractivity contribution in [1.29, 1.82) is 5.26 Å². The maximum Gasteiger partial charge on any atom is 0.345 e. The number of fused-ring (bicyclic) bond motifs is 3. The molecule has 7 heteroatoms. The molecular formula is C23H11BrN2O3S. The number of nitriles is 1. The molecule has 5 nitrogen and oxygen atoms in total. The largest absolute Gasteiger partial charge is 0.450 e. The topological polar surface area (TPSA) is 80.0 Å². The Hall–Kier alpha value is -3.47. The highest BCUT2D eigenvalue weighted by molar-refractivity contribution is 9.10. The summed E-state index contributed by atoms with van der Waals surface area (Å²) in [5, 5.41) is 14.7. The molecule has 0 N–H and O–H groups in total. The number of hydrogen-bond acceptors (Lipinski definition) is 6. The normalized spacial score (nSPS) is 11.8. The van der Waals surface area contributed by atoms with Gasteiger partial charge in [-0.05, 0) is 51.0 Å². The van der Waals surface area contributed by atoms with Crippen LogP contribution in [0.2, 0.25) is 0 Å². The van der Waals surface area contributed by atoms with E-state index in [2.05, 4.69) is 27.0 Å². The van der Waals surface area contributed by atoms with E-state index < -0.39 is 5.63 Å². The number of thiazole rings is 1. The lowest BCUT2D eigenvalue weighted by Gasteiger charge is -2.04. The highest BCUT2D eigenvalue weighted by atomic mass is 79.9. The number of rotatable bonds is 3. The minimum atomic E-state index is -0.466. The Balaban J connectivity index is 1.63. The predicted molar refractivity (Wildman–Crippen MR) is 121 cm³/mol. The number of allylic oxidation sites excluding steroid dienone is 1. The number of furan rings is 1. The highest BCUT2D eigenvalue weighted by Gasteiger charge is 2.15. The first-order chi connectivity index (χ1) is 14.6. The molecule has 5 rings (SSSR count). The third-order valence-electron chi connectivity index (χ3n) is 4.65. The van der Waals surface area contributed by atoms with E-state index in [9.17, 15) is 10.1 Å². The van der Waals surface area contributed by atoms with E-state index >= 15 is 0 Å². The van der Waals surface area contributed by atoms with Crippen LogP contribution in [0.15, 0.2) is 78.3 Å². The summed E-state index contributed by atoms with van der Waals surface area (Å²) < 4.78 is 11.6. The van der Waals surface area contributed by atoms with E-state index in [1.165, 1.54) is 11.3 Å². The lowest BCUT2D eigenvalue weighted by atomic mass is 10.0. The second kappa shape index (κ2) is 7.41. The summed E-state index contributed by atoms with van der Waals surface area (Å²) in [6, 6.07) is 19.1. The molecule has 0 saturated heterocycles. The fourth-order valence-electron chi connectivity index (χ4n) is 3.26. The smallest absolute Gasteiger partial charge is 0.345 e. The van der Waals surface area contributed by atoms with Gasteiger partial charge in [-0.15, -0.1) is 11.3 Å². The standard InChI is InChI=1S/C23H11BrN2O3S/c24-21-8-6-15(28-21)9-14(11-25)22-26-19(12-30-22)18-10-17-16-4-2-1-3-13(16)5-7-20(17)29-23(18)27/h1-10,12H/b14-9+. The first kappa shape index (κ1) is 18.6. The molecule has 0 atom stereocenters. The maximum absolute atomic E-state index is 12.6. The van der Waals surface area contributed by atoms with Crippen LogP contribution in [0, 0.1) is 11.3 Å². The molecule has 0 aliphatic carbocycles. The number of benzene rings is 2. The van der Waals surface area contributed by atoms with Crippen molar-refractivity contribution in [2.45, 2.75) is 0 Å². The Morgan fingerprint density at radius 2 is 1.97 bits per heavy atom. The molecule has 0 amide bonds. The van der Waals surface area contributed by atoms with Crippen LogP contribution in [0.3, 0.4) is 0 Å². The van der Waals surface area contributed by atoms with Crippen molar-refractivity contribution in [3.05, 3.63) is 85.8 Å². The zero-order valence-corrected chi connectivity index (χ0v) is 17.7. The van der Waals surface area contributed by atoms with E-state index in [0.29, 0.717) is 37.9 Å². The molecule has 3 aromatic heterocycles. The van der Waals surface area contributed by atoms with Gasteiger partial charge in [-0.25, -0.2) is 9.78 Å². The molecular weight excluding hydrogens is 464 g/mol. The van der Waals surface area contributed by atoms with Crippen LogP contribution in [0.5, 0.6) is 0 Å². The lowest BCUT2D eigenvalue weighted by Crippen LogP contribution is -2.03. The molecule has 0 fully saturated rings. The van der Waals surface area contributed by atoms with Crippen molar-refractivity contribution >= 4 is 60.7 Å². The van der Waals surface area contributed by atoms with E-state index in [1.807, 2.05) is 36.4 Å². The molecule has 0 bridgehead atoms. The number of aromatic nitrogens is 1. The summed E-state index contributed by atoms with van der Waals surface area (Å²) in [5.41, 5.74) is 1.24. The number of nitrogens with zero attached hydrogens (tertiary/aromatic N) is 2. The molecule has 30 heavy (non-hydrogen) atoms. The molecule has 0 spiro atoms. The predicted octanol–water partition coefficient (Wildman–Crippen LogP) is 6.49. The monoisotopic (exact) mass is 474 g/mol. The molecule has 0 radical (unpaired) electrons. The van der Waals surface area contributed by atoms with Gasteiger partial charge in [0.25, 0.3) is 0 Å². The van der Waals surface area contributed by atoms with Gasteiger partial charge in [-0.2, -0.15) is 5.26 Å². The van der Waals surface area contributed by atoms with Gasteiger partial charge in [0.15, 0.2) is 4.67 Å². The first-order valence-corrected chi connectivity index (χ1v) is 10.6. The minimum absolute atomic E-state index is 0.351. The summed E-state index contributed by atoms with van der Waals surface area (Å²) in [6.07, 6.45) is 1.61. The summed E-state index contributed by atoms with van der Waals surface area (Å²) in [6.45, 7) is 0. The summed E-state index contributed by atoms with van der Waals surface area (Å²) >= 11 is 4.53. The molecule has 0 saturated carbocycles. The minimum Gasteiger partial charge on any atom is -0.450 e. The number of hydrogen-bond donors (Lipinski definition) is 0. The first-order valence-electron chi connectivity index (χ1n) is 8.91. The molecule has 5 aromatic rings. The fraction of sp³-hybridized carbons (Fsp3) is 0. The molecule has 144 valence electrons. The van der Waals surface area contributed by atoms with Crippen LogP contribution >= 0.6 is 27.3 Å². The average Bonchev–Trinajstić information content (AvgIpc) is 3.40. The third-order valence-corrected chi connectivity index (χ3v) is 5.96. The number of halogens is 1. The zero-order chi connectivity index (χ0) is 20.7. The quantitative estimate of drug-likeness (QED) is 0.169. The highest BCUT2D eigenvalue weighted by Crippen LogP contribution is 2.30. The Morgan fingerprint density at radius 3 is 2.77 bits per heavy atom. The average molecular weight is 475 g/mol. The van der Waals surface area contributed by atoms with Gasteiger partial charge in [-0.3, -0.25) is 0 Å². The molecule has 0 aliphatic heterocycles. The van der Waals surface area contributed by atoms with E-state index in [4.69, 9.17) is 8.83 Å². The molecule has 0 aliphatic rings. The second-order valence-corrected chi connectivity index (χ2v) is 8.14. The SMILES string of the molecule is N#C/C(=C\c1ccc(Br)o1)c1nc(-c2cc3c(ccc4ccccc43)oc2=O)cs1. The van der Waals surface area contributed by atoms with Crippen LogP contribution in [-0.2, 0) is 0 Å². The third kappa shape index (κ3) is 3.26. The van der Waals surface area contributed by atoms with Crippen molar-refractivity contribution < 1.29 is 8.83 Å². The van der Waals surface area contributed by atoms with E-state index in [0.717, 1.165) is 16.2 Å². The Labute approximate surface area is 182 Å². The van der Waals surface area contributed by atoms with Crippen molar-refractivity contribution in [3.8, 4) is 17.3 Å². The van der Waals surface area contributed by atoms with Gasteiger partial charge < -0.3 is 8.83 Å². The van der Waals surface area contributed by atoms with Gasteiger partial charge >= 0.3 is 5.63 Å². The maximum atomic E-state index is 12.6. The van der Waals surface area contributed by atoms with Crippen LogP contribution in [0.25, 0.3) is 44.6 Å². The summed E-state index contributed by atoms with van der Waals surface area (Å²) in [5.74, 6) is 0.534. The van der Waals surface area contributed by atoms with E-state index in [-0.39, 0.29) is 0 Å². The summed E-state index contributed by atoms with van der Waals surface area (Å²) in [4.78, 5) is 17.1. The fourth-order valence-corrected chi connectivity index (χ4v) is 4.37. The van der Waals surface area contributed by atoms with Gasteiger partial charge in [0.2, 0.25) is 0 Å². The van der Waals surface area contributed by atoms with Crippen molar-refractivity contribution in [3.63, 3.8) is 0 Å². The van der Waals surface area contributed by atoms with Crippen LogP contribution < -0.4 is 5.63 Å². The molecule has 3 heterocycles. The Kier molecular flexibility index (Phi) is 4.58. The molecule has 0 unspecified atom stereocenters. The Bertz CT molecular complexity index is 1550. The van der Waals surface area contributed by atoms with Crippen LogP contribution in [0.4, 0.5) is 0 Å². The zero-order valence-electron chi connectivity index (χ0n) is 15.3. The van der Waals surface area contributed by atoms with Crippen molar-refractivity contribution in [2.75, 3.05) is 0 Å². The van der Waals surface area contributed by atoms with Gasteiger partial charge in [0, 0.05) is 16.8 Å². The van der Waals surface area contributed by atoms with Gasteiger partial charge in [0.05, 0.1) is 16.8 Å². The lowest BCUT2D eigenvalue weighted by molar-refractivity contribution is 0.532. The van der Waals surface area contributed by atoms with Crippen LogP contribution in [0.1, 0.15) is 10.8 Å². The molecule has 2 aromatic carbocycles. The summed E-state index contributed by atoms with van der Waals surface area (Å²) in [7, 11) is 0. The van der Waals surface area contributed by atoms with Crippen molar-refractivity contribution in [1.82, 2.24) is 4.98 Å². The van der Waals surface area contributed by atoms with Gasteiger partial charge in [-0.1, -0.05) is 30.3 Å².